The predicted octanol–water partition coefficient (Wildman–Crippen LogP) is 0.969. The van der Waals surface area contributed by atoms with Crippen molar-refractivity contribution in [2.45, 2.75) is 4.90 Å². The van der Waals surface area contributed by atoms with E-state index in [0.717, 1.165) is 4.31 Å². The maximum absolute atomic E-state index is 12.2. The van der Waals surface area contributed by atoms with Gasteiger partial charge in [-0.15, -0.1) is 0 Å². The van der Waals surface area contributed by atoms with Gasteiger partial charge in [0.05, 0.1) is 18.2 Å². The van der Waals surface area contributed by atoms with Gasteiger partial charge < -0.3 is 10.2 Å². The number of hydrogen-bond donors (Lipinski definition) is 2. The summed E-state index contributed by atoms with van der Waals surface area (Å²) < 4.78 is 25.4. The summed E-state index contributed by atoms with van der Waals surface area (Å²) in [6.07, 6.45) is 0. The number of hydrogen-bond acceptors (Lipinski definition) is 4. The molecule has 2 N–H and O–H groups in total. The topological polar surface area (TPSA) is 77.8 Å². The van der Waals surface area contributed by atoms with Gasteiger partial charge in [-0.05, 0) is 18.2 Å². The van der Waals surface area contributed by atoms with Gasteiger partial charge in [0.25, 0.3) is 0 Å². The van der Waals surface area contributed by atoms with E-state index in [-0.39, 0.29) is 41.2 Å². The van der Waals surface area contributed by atoms with Crippen molar-refractivity contribution < 1.29 is 18.6 Å². The second-order valence-corrected chi connectivity index (χ2v) is 6.18. The van der Waals surface area contributed by atoms with Gasteiger partial charge in [0.1, 0.15) is 4.90 Å². The monoisotopic (exact) mass is 313 g/mol. The van der Waals surface area contributed by atoms with E-state index < -0.39 is 10.0 Å². The highest BCUT2D eigenvalue weighted by Gasteiger charge is 2.26. The highest BCUT2D eigenvalue weighted by Crippen LogP contribution is 2.27. The van der Waals surface area contributed by atoms with Crippen molar-refractivity contribution in [3.05, 3.63) is 28.2 Å². The zero-order valence-electron chi connectivity index (χ0n) is 9.38. The predicted molar refractivity (Wildman–Crippen MR) is 69.4 cm³/mol. The van der Waals surface area contributed by atoms with Gasteiger partial charge in [0.15, 0.2) is 0 Å². The summed E-state index contributed by atoms with van der Waals surface area (Å²) in [4.78, 5) is -0.140. The number of nitrogens with zero attached hydrogens (tertiary/aromatic N) is 1. The largest absolute Gasteiger partial charge is 0.395 e. The van der Waals surface area contributed by atoms with E-state index >= 15 is 0 Å². The van der Waals surface area contributed by atoms with Crippen LogP contribution in [0.15, 0.2) is 23.1 Å². The Balaban J connectivity index is 3.21. The lowest BCUT2D eigenvalue weighted by molar-refractivity contribution is 0.217. The third-order valence-corrected chi connectivity index (χ3v) is 4.83. The summed E-state index contributed by atoms with van der Waals surface area (Å²) in [7, 11) is -3.88. The molecule has 18 heavy (non-hydrogen) atoms. The van der Waals surface area contributed by atoms with E-state index in [4.69, 9.17) is 33.4 Å². The van der Waals surface area contributed by atoms with Crippen LogP contribution in [0.25, 0.3) is 0 Å². The first-order valence-electron chi connectivity index (χ1n) is 5.10. The van der Waals surface area contributed by atoms with Crippen molar-refractivity contribution in [2.75, 3.05) is 26.3 Å². The lowest BCUT2D eigenvalue weighted by Crippen LogP contribution is -2.36. The van der Waals surface area contributed by atoms with Crippen LogP contribution in [0.2, 0.25) is 10.0 Å². The zero-order valence-corrected chi connectivity index (χ0v) is 11.7. The van der Waals surface area contributed by atoms with Crippen LogP contribution in [0.1, 0.15) is 0 Å². The van der Waals surface area contributed by atoms with Gasteiger partial charge in [-0.3, -0.25) is 0 Å². The second-order valence-electron chi connectivity index (χ2n) is 3.43. The Morgan fingerprint density at radius 2 is 1.67 bits per heavy atom. The molecule has 1 aromatic rings. The fourth-order valence-corrected chi connectivity index (χ4v) is 3.55. The number of aliphatic hydroxyl groups is 2. The van der Waals surface area contributed by atoms with Crippen LogP contribution in [0.3, 0.4) is 0 Å². The van der Waals surface area contributed by atoms with Gasteiger partial charge in [-0.25, -0.2) is 8.42 Å². The van der Waals surface area contributed by atoms with Crippen molar-refractivity contribution in [2.24, 2.45) is 0 Å². The van der Waals surface area contributed by atoms with Crippen LogP contribution in [0.4, 0.5) is 0 Å². The Hall–Kier alpha value is -0.370. The fourth-order valence-electron chi connectivity index (χ4n) is 1.39. The highest BCUT2D eigenvalue weighted by molar-refractivity contribution is 7.89. The highest BCUT2D eigenvalue weighted by atomic mass is 35.5. The Kier molecular flexibility index (Phi) is 5.84. The lowest BCUT2D eigenvalue weighted by Gasteiger charge is -2.20. The van der Waals surface area contributed by atoms with Crippen LogP contribution in [-0.2, 0) is 10.0 Å². The molecule has 1 aromatic carbocycles. The first-order valence-corrected chi connectivity index (χ1v) is 7.30. The quantitative estimate of drug-likeness (QED) is 0.820. The van der Waals surface area contributed by atoms with Gasteiger partial charge in [0, 0.05) is 18.1 Å². The minimum absolute atomic E-state index is 0.0419. The smallest absolute Gasteiger partial charge is 0.244 e. The molecule has 0 aliphatic carbocycles. The van der Waals surface area contributed by atoms with Crippen molar-refractivity contribution in [3.63, 3.8) is 0 Å². The van der Waals surface area contributed by atoms with Crippen LogP contribution in [0, 0.1) is 0 Å². The summed E-state index contributed by atoms with van der Waals surface area (Å²) in [6.45, 7) is -0.938. The molecule has 8 heteroatoms. The normalized spacial score (nSPS) is 12.1. The first kappa shape index (κ1) is 15.7. The molecule has 0 aliphatic heterocycles. The van der Waals surface area contributed by atoms with Crippen LogP contribution >= 0.6 is 23.2 Å². The Bertz CT molecular complexity index is 501. The van der Waals surface area contributed by atoms with E-state index in [1.54, 1.807) is 0 Å². The average molecular weight is 314 g/mol. The maximum Gasteiger partial charge on any atom is 0.244 e. The molecule has 0 amide bonds. The van der Waals surface area contributed by atoms with Crippen LogP contribution in [-0.4, -0.2) is 49.2 Å². The van der Waals surface area contributed by atoms with Crippen molar-refractivity contribution in [3.8, 4) is 0 Å². The summed E-state index contributed by atoms with van der Waals surface area (Å²) >= 11 is 11.6. The fraction of sp³-hybridized carbons (Fsp3) is 0.400. The number of benzene rings is 1. The molecule has 0 radical (unpaired) electrons. The van der Waals surface area contributed by atoms with Gasteiger partial charge in [-0.2, -0.15) is 4.31 Å². The lowest BCUT2D eigenvalue weighted by atomic mass is 10.4. The van der Waals surface area contributed by atoms with Gasteiger partial charge in [-0.1, -0.05) is 23.2 Å². The molecule has 0 heterocycles. The molecule has 0 atom stereocenters. The minimum atomic E-state index is -3.88. The number of halogens is 2. The van der Waals surface area contributed by atoms with Crippen molar-refractivity contribution in [1.29, 1.82) is 0 Å². The SMILES string of the molecule is O=S(=O)(c1cc(Cl)ccc1Cl)N(CCO)CCO. The third kappa shape index (κ3) is 3.57. The molecule has 0 fully saturated rings. The zero-order chi connectivity index (χ0) is 13.8. The molecule has 1 rings (SSSR count). The molecule has 0 unspecified atom stereocenters. The molecular formula is C10H13Cl2NO4S. The van der Waals surface area contributed by atoms with E-state index in [0.29, 0.717) is 0 Å². The molecule has 0 spiro atoms. The number of sulfonamides is 1. The van der Waals surface area contributed by atoms with Crippen LogP contribution < -0.4 is 0 Å². The minimum Gasteiger partial charge on any atom is -0.395 e. The Labute approximate surface area is 116 Å². The molecule has 5 nitrogen and oxygen atoms in total. The second kappa shape index (κ2) is 6.70. The Morgan fingerprint density at radius 3 is 2.17 bits per heavy atom. The van der Waals surface area contributed by atoms with E-state index in [1.807, 2.05) is 0 Å². The summed E-state index contributed by atoms with van der Waals surface area (Å²) in [5, 5.41) is 18.0. The molecule has 0 aromatic heterocycles. The van der Waals surface area contributed by atoms with Crippen molar-refractivity contribution >= 4 is 33.2 Å². The molecule has 0 bridgehead atoms. The first-order chi connectivity index (χ1) is 8.43. The molecule has 0 saturated heterocycles. The summed E-state index contributed by atoms with van der Waals surface area (Å²) in [5.41, 5.74) is 0. The van der Waals surface area contributed by atoms with E-state index in [9.17, 15) is 8.42 Å². The average Bonchev–Trinajstić information content (AvgIpc) is 2.32. The molecule has 102 valence electrons. The summed E-state index contributed by atoms with van der Waals surface area (Å²) in [5.74, 6) is 0. The third-order valence-electron chi connectivity index (χ3n) is 2.21. The van der Waals surface area contributed by atoms with Crippen molar-refractivity contribution in [1.82, 2.24) is 4.31 Å². The van der Waals surface area contributed by atoms with Crippen LogP contribution in [0.5, 0.6) is 0 Å². The van der Waals surface area contributed by atoms with E-state index in [2.05, 4.69) is 0 Å². The molecule has 0 saturated carbocycles. The number of aliphatic hydroxyl groups excluding tert-OH is 2. The summed E-state index contributed by atoms with van der Waals surface area (Å²) in [6, 6.07) is 4.10. The molecular weight excluding hydrogens is 301 g/mol. The Morgan fingerprint density at radius 1 is 1.11 bits per heavy atom. The number of rotatable bonds is 6. The van der Waals surface area contributed by atoms with Gasteiger partial charge >= 0.3 is 0 Å². The standard InChI is InChI=1S/C10H13Cl2NO4S/c11-8-1-2-9(12)10(7-8)18(16,17)13(3-5-14)4-6-15/h1-2,7,14-15H,3-6H2. The molecule has 0 aliphatic rings. The van der Waals surface area contributed by atoms with Gasteiger partial charge in [0.2, 0.25) is 10.0 Å². The maximum atomic E-state index is 12.2. The van der Waals surface area contributed by atoms with E-state index in [1.165, 1.54) is 18.2 Å².